The van der Waals surface area contributed by atoms with Crippen LogP contribution in [0, 0.1) is 5.92 Å². The van der Waals surface area contributed by atoms with Crippen molar-refractivity contribution in [3.8, 4) is 28.7 Å². The summed E-state index contributed by atoms with van der Waals surface area (Å²) in [7, 11) is 3.03. The number of aldehydes is 1. The summed E-state index contributed by atoms with van der Waals surface area (Å²) in [6.07, 6.45) is 9.65. The van der Waals surface area contributed by atoms with Crippen LogP contribution in [0.15, 0.2) is 114 Å². The van der Waals surface area contributed by atoms with Crippen molar-refractivity contribution in [2.24, 2.45) is 5.92 Å². The average molecular weight is 1170 g/mol. The number of methoxy groups -OCH3 is 2. The van der Waals surface area contributed by atoms with Gasteiger partial charge in [0.25, 0.3) is 0 Å². The topological polar surface area (TPSA) is 345 Å². The number of esters is 3. The van der Waals surface area contributed by atoms with Gasteiger partial charge in [0.2, 0.25) is 0 Å². The molecular formula is C63H76O21. The number of carbonyl (C=O) groups is 8. The molecule has 0 heterocycles. The molecule has 0 aliphatic heterocycles. The summed E-state index contributed by atoms with van der Waals surface area (Å²) in [5, 5.41) is 76.1. The van der Waals surface area contributed by atoms with Gasteiger partial charge in [0.1, 0.15) is 46.6 Å². The highest BCUT2D eigenvalue weighted by Gasteiger charge is 2.21. The lowest BCUT2D eigenvalue weighted by Crippen LogP contribution is -2.20. The minimum absolute atomic E-state index is 0.00846. The zero-order chi connectivity index (χ0) is 63.3. The maximum atomic E-state index is 12.9. The van der Waals surface area contributed by atoms with Crippen molar-refractivity contribution in [2.45, 2.75) is 99.9 Å². The minimum Gasteiger partial charge on any atom is -0.508 e. The first kappa shape index (κ1) is 72.8. The van der Waals surface area contributed by atoms with E-state index in [-0.39, 0.29) is 135 Å². The molecule has 4 rings (SSSR count). The Kier molecular flexibility index (Phi) is 34.8. The zero-order valence-corrected chi connectivity index (χ0v) is 48.4. The van der Waals surface area contributed by atoms with Gasteiger partial charge in [-0.15, -0.1) is 0 Å². The molecule has 0 unspecified atom stereocenters. The number of aliphatic hydroxyl groups excluding tert-OH is 5. The van der Waals surface area contributed by atoms with Gasteiger partial charge in [-0.05, 0) is 150 Å². The number of carbonyl (C=O) groups excluding carboxylic acids is 8. The molecular weight excluding hydrogens is 1090 g/mol. The summed E-state index contributed by atoms with van der Waals surface area (Å²) in [5.74, 6) is -2.67. The predicted molar refractivity (Wildman–Crippen MR) is 312 cm³/mol. The molecule has 8 N–H and O–H groups in total. The van der Waals surface area contributed by atoms with Crippen molar-refractivity contribution >= 4 is 65.6 Å². The number of ketones is 4. The highest BCUT2D eigenvalue weighted by Crippen LogP contribution is 2.29. The van der Waals surface area contributed by atoms with Gasteiger partial charge in [0.15, 0.2) is 23.1 Å². The van der Waals surface area contributed by atoms with E-state index < -0.39 is 23.6 Å². The Morgan fingerprint density at radius 2 is 0.845 bits per heavy atom. The number of hydrogen-bond acceptors (Lipinski definition) is 21. The molecule has 0 bridgehead atoms. The third-order valence-electron chi connectivity index (χ3n) is 11.7. The lowest BCUT2D eigenvalue weighted by Gasteiger charge is -2.08. The number of rotatable bonds is 28. The zero-order valence-electron chi connectivity index (χ0n) is 48.4. The fourth-order valence-electron chi connectivity index (χ4n) is 7.23. The molecule has 21 heteroatoms. The first-order chi connectivity index (χ1) is 40.0. The first-order valence-corrected chi connectivity index (χ1v) is 26.3. The van der Waals surface area contributed by atoms with Crippen molar-refractivity contribution in [1.29, 1.82) is 0 Å². The number of hydrogen-bond donors (Lipinski definition) is 8. The van der Waals surface area contributed by atoms with Gasteiger partial charge in [0.05, 0.1) is 59.8 Å². The predicted octanol–water partition coefficient (Wildman–Crippen LogP) is 8.82. The van der Waals surface area contributed by atoms with E-state index in [4.69, 9.17) is 39.0 Å². The number of aliphatic hydroxyl groups is 5. The molecule has 0 amide bonds. The summed E-state index contributed by atoms with van der Waals surface area (Å²) >= 11 is 0. The summed E-state index contributed by atoms with van der Waals surface area (Å²) < 4.78 is 24.9. The number of allylic oxidation sites excluding steroid dienone is 5. The van der Waals surface area contributed by atoms with Crippen molar-refractivity contribution in [3.05, 3.63) is 153 Å². The largest absolute Gasteiger partial charge is 0.508 e. The normalized spacial score (nSPS) is 11.4. The van der Waals surface area contributed by atoms with E-state index in [2.05, 4.69) is 0 Å². The first-order valence-electron chi connectivity index (χ1n) is 26.3. The molecule has 0 atom stereocenters. The second-order valence-electron chi connectivity index (χ2n) is 17.7. The van der Waals surface area contributed by atoms with Crippen molar-refractivity contribution in [2.75, 3.05) is 34.0 Å². The summed E-state index contributed by atoms with van der Waals surface area (Å²) in [6.45, 7) is 9.00. The van der Waals surface area contributed by atoms with Gasteiger partial charge in [-0.3, -0.25) is 38.4 Å². The standard InChI is InChI=1S/C27H30O8.C18H22O6.C10H16O4.C8H8O3/c1-4-35-27(32)14-9-21(23(30)11-6-18-5-10-22(29)20(15-18)17-28)24(31)12-7-19-8-13-25(33-2)26(16-19)34-3;1-3-24-18(23)9-6-15(12(2)20)17(22)8-5-13-4-7-16(21)14(10-13)11-19;1-4-14-10(13)6-5-9(7(2)11)8(3)12;9-4-6-1-2-8(11)7(3-6)5-10/h5-8,10-13,15-16,28-30H,4,9,14,17H2,1-3H3;4-5,7-8,10,19,21-22H,3,6,9,11H2,1-2H3;9H,4-6H2,1-3H3;1-4,10-11H,5H2/b11-6+,12-7+,23-21-;8-5+,17-15-;;. The van der Waals surface area contributed by atoms with Crippen molar-refractivity contribution in [3.63, 3.8) is 0 Å². The van der Waals surface area contributed by atoms with Crippen LogP contribution in [0.25, 0.3) is 18.2 Å². The third-order valence-corrected chi connectivity index (χ3v) is 11.7. The van der Waals surface area contributed by atoms with Gasteiger partial charge in [-0.2, -0.15) is 0 Å². The maximum Gasteiger partial charge on any atom is 0.306 e. The summed E-state index contributed by atoms with van der Waals surface area (Å²) in [6, 6.07) is 18.6. The van der Waals surface area contributed by atoms with E-state index in [0.29, 0.717) is 63.3 Å². The smallest absolute Gasteiger partial charge is 0.306 e. The summed E-state index contributed by atoms with van der Waals surface area (Å²) in [4.78, 5) is 90.9. The van der Waals surface area contributed by atoms with Crippen LogP contribution in [0.4, 0.5) is 0 Å². The Morgan fingerprint density at radius 3 is 1.24 bits per heavy atom. The molecule has 0 aliphatic rings. The number of ether oxygens (including phenoxy) is 5. The molecule has 0 radical (unpaired) electrons. The molecule has 4 aromatic carbocycles. The van der Waals surface area contributed by atoms with Crippen LogP contribution in [0.5, 0.6) is 28.7 Å². The molecule has 0 aliphatic carbocycles. The van der Waals surface area contributed by atoms with Gasteiger partial charge in [-0.25, -0.2) is 0 Å². The Morgan fingerprint density at radius 1 is 0.476 bits per heavy atom. The molecule has 454 valence electrons. The minimum atomic E-state index is -0.653. The van der Waals surface area contributed by atoms with Crippen LogP contribution in [0.3, 0.4) is 0 Å². The monoisotopic (exact) mass is 1170 g/mol. The van der Waals surface area contributed by atoms with Crippen LogP contribution in [-0.2, 0) is 67.6 Å². The van der Waals surface area contributed by atoms with E-state index in [1.54, 1.807) is 75.4 Å². The van der Waals surface area contributed by atoms with Gasteiger partial charge in [-0.1, -0.05) is 36.4 Å². The van der Waals surface area contributed by atoms with Crippen molar-refractivity contribution in [1.82, 2.24) is 0 Å². The van der Waals surface area contributed by atoms with Crippen LogP contribution in [-0.4, -0.2) is 122 Å². The molecule has 0 aromatic heterocycles. The summed E-state index contributed by atoms with van der Waals surface area (Å²) in [5.41, 5.74) is 3.58. The highest BCUT2D eigenvalue weighted by molar-refractivity contribution is 6.07. The maximum absolute atomic E-state index is 12.9. The second kappa shape index (κ2) is 40.1. The van der Waals surface area contributed by atoms with Gasteiger partial charge in [0, 0.05) is 52.7 Å². The number of benzene rings is 4. The Hall–Kier alpha value is -9.18. The highest BCUT2D eigenvalue weighted by atomic mass is 16.5. The van der Waals surface area contributed by atoms with Gasteiger partial charge < -0.3 is 64.5 Å². The SMILES string of the molecule is CCOC(=O)CC/C(C(=O)/C=C/c1ccc(OC)c(OC)c1)=C(O)\C=C\c1ccc(O)c(CO)c1.CCOC(=O)CC/C(C(C)=O)=C(O)\C=C\c1ccc(O)c(CO)c1.CCOC(=O)CCC(C(C)=O)C(C)=O.O=Cc1ccc(O)c(CO)c1. The van der Waals surface area contributed by atoms with Crippen LogP contribution < -0.4 is 9.47 Å². The Bertz CT molecular complexity index is 3000. The quantitative estimate of drug-likeness (QED) is 0.00500. The van der Waals surface area contributed by atoms with Crippen molar-refractivity contribution < 1.29 is 103 Å². The molecule has 0 saturated heterocycles. The molecule has 0 spiro atoms. The number of phenols is 3. The van der Waals surface area contributed by atoms with Crippen LogP contribution in [0.2, 0.25) is 0 Å². The molecule has 0 fully saturated rings. The van der Waals surface area contributed by atoms with Crippen LogP contribution >= 0.6 is 0 Å². The third kappa shape index (κ3) is 27.1. The fourth-order valence-corrected chi connectivity index (χ4v) is 7.23. The molecule has 4 aromatic rings. The van der Waals surface area contributed by atoms with E-state index in [9.17, 15) is 63.9 Å². The fraction of sp³-hybridized carbons (Fsp3) is 0.333. The van der Waals surface area contributed by atoms with E-state index >= 15 is 0 Å². The molecule has 84 heavy (non-hydrogen) atoms. The number of aromatic hydroxyl groups is 3. The Balaban J connectivity index is 0.000000618. The van der Waals surface area contributed by atoms with E-state index in [1.165, 1.54) is 89.6 Å². The average Bonchev–Trinajstić information content (AvgIpc) is 3.69. The van der Waals surface area contributed by atoms with Crippen LogP contribution in [0.1, 0.15) is 124 Å². The second-order valence-corrected chi connectivity index (χ2v) is 17.7. The Labute approximate surface area is 488 Å². The lowest BCUT2D eigenvalue weighted by molar-refractivity contribution is -0.144. The van der Waals surface area contributed by atoms with E-state index in [0.717, 1.165) is 0 Å². The molecule has 0 saturated carbocycles. The molecule has 21 nitrogen and oxygen atoms in total. The van der Waals surface area contributed by atoms with Gasteiger partial charge >= 0.3 is 17.9 Å². The number of Topliss-reactive ketones (excluding diaryl/α,β-unsaturated/α-hetero) is 3. The lowest BCUT2D eigenvalue weighted by atomic mass is 9.95. The van der Waals surface area contributed by atoms with E-state index in [1.807, 2.05) is 0 Å².